The van der Waals surface area contributed by atoms with Crippen LogP contribution in [-0.2, 0) is 11.2 Å². The Morgan fingerprint density at radius 2 is 1.90 bits per heavy atom. The second-order valence-corrected chi connectivity index (χ2v) is 7.16. The van der Waals surface area contributed by atoms with Gasteiger partial charge in [-0.2, -0.15) is 0 Å². The van der Waals surface area contributed by atoms with Gasteiger partial charge in [0.2, 0.25) is 0 Å². The molecule has 1 atom stereocenters. The molecule has 0 saturated heterocycles. The number of fused-ring (bicyclic) bond motifs is 1. The van der Waals surface area contributed by atoms with E-state index in [2.05, 4.69) is 29.6 Å². The highest BCUT2D eigenvalue weighted by molar-refractivity contribution is 7.17. The van der Waals surface area contributed by atoms with E-state index in [1.165, 1.54) is 41.3 Å². The Hall–Kier alpha value is -0.900. The van der Waals surface area contributed by atoms with E-state index in [0.717, 1.165) is 19.3 Å². The van der Waals surface area contributed by atoms with E-state index < -0.39 is 0 Å². The summed E-state index contributed by atoms with van der Waals surface area (Å²) in [6.07, 6.45) is 8.24. The normalized spacial score (nSPS) is 20.3. The van der Waals surface area contributed by atoms with Gasteiger partial charge in [0.25, 0.3) is 0 Å². The first kappa shape index (κ1) is 15.0. The fraction of sp³-hybridized carbons (Fsp3) is 0.556. The summed E-state index contributed by atoms with van der Waals surface area (Å²) >= 11 is 1.82. The Bertz CT molecular complexity index is 584. The molecule has 2 N–H and O–H groups in total. The zero-order chi connectivity index (χ0) is 14.7. The smallest absolute Gasteiger partial charge is 0.0832 e. The summed E-state index contributed by atoms with van der Waals surface area (Å²) in [6.45, 7) is 0. The van der Waals surface area contributed by atoms with Crippen molar-refractivity contribution in [2.24, 2.45) is 5.73 Å². The molecule has 1 aliphatic carbocycles. The van der Waals surface area contributed by atoms with Gasteiger partial charge in [0.1, 0.15) is 0 Å². The summed E-state index contributed by atoms with van der Waals surface area (Å²) in [5.74, 6) is 0. The van der Waals surface area contributed by atoms with Gasteiger partial charge in [-0.25, -0.2) is 0 Å². The molecule has 1 fully saturated rings. The van der Waals surface area contributed by atoms with Crippen LogP contribution >= 0.6 is 11.3 Å². The van der Waals surface area contributed by atoms with Crippen LogP contribution in [0.25, 0.3) is 10.1 Å². The van der Waals surface area contributed by atoms with Crippen LogP contribution in [0.5, 0.6) is 0 Å². The molecule has 21 heavy (non-hydrogen) atoms. The number of thiophene rings is 1. The number of hydrogen-bond donors (Lipinski definition) is 1. The third kappa shape index (κ3) is 3.01. The third-order valence-electron chi connectivity index (χ3n) is 5.03. The lowest BCUT2D eigenvalue weighted by Crippen LogP contribution is -2.50. The molecule has 3 rings (SSSR count). The Labute approximate surface area is 131 Å². The maximum atomic E-state index is 6.63. The minimum atomic E-state index is -0.125. The number of ether oxygens (including phenoxy) is 1. The molecule has 3 heteroatoms. The van der Waals surface area contributed by atoms with Crippen LogP contribution in [-0.4, -0.2) is 18.8 Å². The number of methoxy groups -OCH3 is 1. The third-order valence-corrected chi connectivity index (χ3v) is 6.05. The molecule has 1 aromatic heterocycles. The van der Waals surface area contributed by atoms with Gasteiger partial charge in [-0.05, 0) is 41.7 Å². The molecule has 0 radical (unpaired) electrons. The topological polar surface area (TPSA) is 35.2 Å². The largest absolute Gasteiger partial charge is 0.377 e. The molecule has 0 aliphatic heterocycles. The fourth-order valence-electron chi connectivity index (χ4n) is 3.67. The molecule has 1 aliphatic rings. The number of benzene rings is 1. The van der Waals surface area contributed by atoms with Crippen molar-refractivity contribution < 1.29 is 4.74 Å². The quantitative estimate of drug-likeness (QED) is 0.843. The summed E-state index contributed by atoms with van der Waals surface area (Å²) in [5, 5.41) is 3.63. The van der Waals surface area contributed by atoms with Crippen LogP contribution in [0.15, 0.2) is 29.6 Å². The average molecular weight is 303 g/mol. The molecule has 2 aromatic rings. The van der Waals surface area contributed by atoms with Crippen molar-refractivity contribution >= 4 is 21.4 Å². The van der Waals surface area contributed by atoms with E-state index in [1.807, 2.05) is 18.4 Å². The molecule has 0 bridgehead atoms. The van der Waals surface area contributed by atoms with Gasteiger partial charge in [-0.1, -0.05) is 43.9 Å². The predicted molar refractivity (Wildman–Crippen MR) is 90.9 cm³/mol. The second kappa shape index (κ2) is 6.47. The highest BCUT2D eigenvalue weighted by Gasteiger charge is 2.37. The second-order valence-electron chi connectivity index (χ2n) is 6.25. The summed E-state index contributed by atoms with van der Waals surface area (Å²) in [7, 11) is 1.84. The highest BCUT2D eigenvalue weighted by atomic mass is 32.1. The highest BCUT2D eigenvalue weighted by Crippen LogP contribution is 2.35. The predicted octanol–water partition coefficient (Wildman–Crippen LogP) is 4.51. The lowest BCUT2D eigenvalue weighted by atomic mass is 9.83. The van der Waals surface area contributed by atoms with Crippen LogP contribution in [0.4, 0.5) is 0 Å². The van der Waals surface area contributed by atoms with E-state index in [4.69, 9.17) is 10.5 Å². The Morgan fingerprint density at radius 1 is 1.19 bits per heavy atom. The van der Waals surface area contributed by atoms with Crippen LogP contribution in [0, 0.1) is 0 Å². The van der Waals surface area contributed by atoms with Crippen molar-refractivity contribution in [3.05, 3.63) is 35.2 Å². The number of nitrogens with two attached hydrogens (primary N) is 1. The van der Waals surface area contributed by atoms with Gasteiger partial charge < -0.3 is 10.5 Å². The molecule has 114 valence electrons. The van der Waals surface area contributed by atoms with Crippen molar-refractivity contribution in [1.82, 2.24) is 0 Å². The first-order valence-corrected chi connectivity index (χ1v) is 8.89. The van der Waals surface area contributed by atoms with Crippen molar-refractivity contribution in [2.45, 2.75) is 56.6 Å². The van der Waals surface area contributed by atoms with Crippen LogP contribution in [0.2, 0.25) is 0 Å². The molecule has 1 heterocycles. The summed E-state index contributed by atoms with van der Waals surface area (Å²) < 4.78 is 7.31. The maximum Gasteiger partial charge on any atom is 0.0832 e. The number of hydrogen-bond acceptors (Lipinski definition) is 3. The Morgan fingerprint density at radius 3 is 2.62 bits per heavy atom. The fourth-order valence-corrected chi connectivity index (χ4v) is 4.64. The average Bonchev–Trinajstić information content (AvgIpc) is 2.76. The van der Waals surface area contributed by atoms with Crippen molar-refractivity contribution in [3.63, 3.8) is 0 Å². The monoisotopic (exact) mass is 303 g/mol. The van der Waals surface area contributed by atoms with Crippen molar-refractivity contribution in [2.75, 3.05) is 7.11 Å². The zero-order valence-corrected chi connectivity index (χ0v) is 13.6. The molecular formula is C18H25NOS. The van der Waals surface area contributed by atoms with E-state index in [0.29, 0.717) is 0 Å². The molecule has 0 spiro atoms. The zero-order valence-electron chi connectivity index (χ0n) is 12.8. The van der Waals surface area contributed by atoms with Crippen LogP contribution < -0.4 is 5.73 Å². The van der Waals surface area contributed by atoms with Gasteiger partial charge in [0.15, 0.2) is 0 Å². The first-order valence-electron chi connectivity index (χ1n) is 8.01. The SMILES string of the molecule is COC1(C(N)Cc2csc3ccccc23)CCCCCC1. The standard InChI is InChI=1S/C18H25NOS/c1-20-18(10-6-2-3-7-11-18)17(19)12-14-13-21-16-9-5-4-8-15(14)16/h4-5,8-9,13,17H,2-3,6-7,10-12,19H2,1H3. The van der Waals surface area contributed by atoms with Gasteiger partial charge in [0.05, 0.1) is 5.60 Å². The molecule has 1 saturated carbocycles. The molecule has 0 amide bonds. The minimum absolute atomic E-state index is 0.0820. The van der Waals surface area contributed by atoms with E-state index in [9.17, 15) is 0 Å². The lowest BCUT2D eigenvalue weighted by Gasteiger charge is -2.37. The lowest BCUT2D eigenvalue weighted by molar-refractivity contribution is -0.0429. The maximum absolute atomic E-state index is 6.63. The molecule has 1 unspecified atom stereocenters. The van der Waals surface area contributed by atoms with Gasteiger partial charge in [-0.15, -0.1) is 11.3 Å². The van der Waals surface area contributed by atoms with Gasteiger partial charge >= 0.3 is 0 Å². The molecule has 1 aromatic carbocycles. The van der Waals surface area contributed by atoms with Gasteiger partial charge in [0, 0.05) is 17.9 Å². The van der Waals surface area contributed by atoms with E-state index >= 15 is 0 Å². The Balaban J connectivity index is 1.82. The van der Waals surface area contributed by atoms with E-state index in [-0.39, 0.29) is 11.6 Å². The van der Waals surface area contributed by atoms with Crippen LogP contribution in [0.1, 0.15) is 44.1 Å². The summed E-state index contributed by atoms with van der Waals surface area (Å²) in [4.78, 5) is 0. The van der Waals surface area contributed by atoms with Crippen molar-refractivity contribution in [1.29, 1.82) is 0 Å². The summed E-state index contributed by atoms with van der Waals surface area (Å²) in [6, 6.07) is 8.69. The molecular weight excluding hydrogens is 278 g/mol. The van der Waals surface area contributed by atoms with Crippen LogP contribution in [0.3, 0.4) is 0 Å². The van der Waals surface area contributed by atoms with Crippen molar-refractivity contribution in [3.8, 4) is 0 Å². The minimum Gasteiger partial charge on any atom is -0.377 e. The number of rotatable bonds is 4. The van der Waals surface area contributed by atoms with Gasteiger partial charge in [-0.3, -0.25) is 0 Å². The molecule has 2 nitrogen and oxygen atoms in total. The summed E-state index contributed by atoms with van der Waals surface area (Å²) in [5.41, 5.74) is 7.88. The Kier molecular flexibility index (Phi) is 4.63. The first-order chi connectivity index (χ1) is 10.2. The van der Waals surface area contributed by atoms with E-state index in [1.54, 1.807) is 0 Å².